The van der Waals surface area contributed by atoms with Gasteiger partial charge < -0.3 is 18.6 Å². The summed E-state index contributed by atoms with van der Waals surface area (Å²) in [5.41, 5.74) is 17.1. The van der Waals surface area contributed by atoms with Gasteiger partial charge in [0.1, 0.15) is 11.1 Å². The Hall–Kier alpha value is -7.56. The second-order valence-corrected chi connectivity index (χ2v) is 16.0. The standard InChI is InChI=1S/C55H39N3O/c1-55(2)48-34-42(56(38-20-10-4-11-21-38)39-22-12-5-13-23-39)28-30-44(48)52-50(55)46-32-37(36-18-8-3-9-19-36)33-47-51(46)58(52)53-45-31-29-43(35-49(45)59-54(47)53)57(40-24-14-6-15-25-40)41-26-16-7-17-27-41/h3-35H,1-2H3/i4D,6D. The average Bonchev–Trinajstić information content (AvgIpc) is 4.00. The van der Waals surface area contributed by atoms with Crippen molar-refractivity contribution in [3.05, 3.63) is 211 Å². The van der Waals surface area contributed by atoms with Gasteiger partial charge in [0.15, 0.2) is 5.58 Å². The lowest BCUT2D eigenvalue weighted by atomic mass is 9.81. The molecule has 0 bridgehead atoms. The van der Waals surface area contributed by atoms with E-state index in [0.29, 0.717) is 12.1 Å². The molecule has 0 atom stereocenters. The summed E-state index contributed by atoms with van der Waals surface area (Å²) in [4.78, 5) is 4.50. The smallest absolute Gasteiger partial charge is 0.161 e. The molecule has 3 aromatic heterocycles. The molecule has 0 fully saturated rings. The van der Waals surface area contributed by atoms with E-state index in [-0.39, 0.29) is 5.41 Å². The molecule has 0 amide bonds. The minimum Gasteiger partial charge on any atom is -0.454 e. The number of anilines is 6. The molecule has 280 valence electrons. The van der Waals surface area contributed by atoms with Crippen molar-refractivity contribution >= 4 is 72.5 Å². The van der Waals surface area contributed by atoms with E-state index in [9.17, 15) is 0 Å². The first-order valence-electron chi connectivity index (χ1n) is 21.2. The van der Waals surface area contributed by atoms with Gasteiger partial charge >= 0.3 is 0 Å². The predicted octanol–water partition coefficient (Wildman–Crippen LogP) is 15.3. The lowest BCUT2D eigenvalue weighted by molar-refractivity contribution is 0.666. The van der Waals surface area contributed by atoms with Gasteiger partial charge in [0, 0.05) is 67.3 Å². The van der Waals surface area contributed by atoms with Gasteiger partial charge in [0.2, 0.25) is 0 Å². The summed E-state index contributed by atoms with van der Waals surface area (Å²) in [6.07, 6.45) is 0. The van der Waals surface area contributed by atoms with Crippen molar-refractivity contribution < 1.29 is 7.16 Å². The predicted molar refractivity (Wildman–Crippen MR) is 246 cm³/mol. The van der Waals surface area contributed by atoms with Crippen molar-refractivity contribution in [2.45, 2.75) is 19.3 Å². The van der Waals surface area contributed by atoms with Crippen LogP contribution in [0.15, 0.2) is 205 Å². The van der Waals surface area contributed by atoms with E-state index in [1.807, 2.05) is 60.7 Å². The van der Waals surface area contributed by atoms with E-state index in [0.717, 1.165) is 67.1 Å². The number of aromatic nitrogens is 1. The van der Waals surface area contributed by atoms with Crippen LogP contribution in [0.3, 0.4) is 0 Å². The number of hydrogen-bond acceptors (Lipinski definition) is 3. The van der Waals surface area contributed by atoms with E-state index >= 15 is 0 Å². The highest BCUT2D eigenvalue weighted by molar-refractivity contribution is 6.23. The van der Waals surface area contributed by atoms with Crippen LogP contribution in [0, 0.1) is 0 Å². The lowest BCUT2D eigenvalue weighted by Gasteiger charge is -2.28. The molecule has 0 unspecified atom stereocenters. The molecule has 0 aliphatic heterocycles. The van der Waals surface area contributed by atoms with Gasteiger partial charge in [0.25, 0.3) is 0 Å². The first kappa shape index (κ1) is 31.5. The molecule has 0 spiro atoms. The molecule has 59 heavy (non-hydrogen) atoms. The normalized spacial score (nSPS) is 13.5. The number of rotatable bonds is 7. The molecular weight excluding hydrogens is 719 g/mol. The van der Waals surface area contributed by atoms with Gasteiger partial charge in [-0.25, -0.2) is 0 Å². The lowest BCUT2D eigenvalue weighted by Crippen LogP contribution is -2.16. The van der Waals surface area contributed by atoms with Crippen LogP contribution in [-0.2, 0) is 5.41 Å². The second kappa shape index (κ2) is 12.7. The fourth-order valence-corrected chi connectivity index (χ4v) is 9.75. The summed E-state index contributed by atoms with van der Waals surface area (Å²) in [5.74, 6) is 0. The van der Waals surface area contributed by atoms with Crippen molar-refractivity contribution in [3.63, 3.8) is 0 Å². The van der Waals surface area contributed by atoms with Gasteiger partial charge in [-0.15, -0.1) is 0 Å². The van der Waals surface area contributed by atoms with Crippen molar-refractivity contribution in [3.8, 4) is 22.4 Å². The monoisotopic (exact) mass is 759 g/mol. The summed E-state index contributed by atoms with van der Waals surface area (Å²) in [6, 6.07) is 66.1. The van der Waals surface area contributed by atoms with Gasteiger partial charge in [-0.05, 0) is 107 Å². The summed E-state index contributed by atoms with van der Waals surface area (Å²) in [6.45, 7) is 4.74. The Balaban J connectivity index is 1.11. The topological polar surface area (TPSA) is 24.0 Å². The molecule has 8 aromatic carbocycles. The molecular formula is C55H39N3O. The third-order valence-electron chi connectivity index (χ3n) is 12.3. The molecule has 12 rings (SSSR count). The fourth-order valence-electron chi connectivity index (χ4n) is 9.75. The highest BCUT2D eigenvalue weighted by Gasteiger charge is 2.42. The molecule has 4 heteroatoms. The molecule has 0 saturated heterocycles. The zero-order valence-electron chi connectivity index (χ0n) is 34.6. The highest BCUT2D eigenvalue weighted by Crippen LogP contribution is 2.57. The zero-order valence-corrected chi connectivity index (χ0v) is 32.6. The van der Waals surface area contributed by atoms with Crippen LogP contribution in [0.25, 0.3) is 60.7 Å². The van der Waals surface area contributed by atoms with E-state index < -0.39 is 0 Å². The number of furan rings is 1. The third kappa shape index (κ3) is 4.96. The molecule has 3 heterocycles. The Morgan fingerprint density at radius 3 is 1.61 bits per heavy atom. The van der Waals surface area contributed by atoms with Crippen LogP contribution in [-0.4, -0.2) is 4.40 Å². The van der Waals surface area contributed by atoms with Crippen molar-refractivity contribution in [1.82, 2.24) is 4.40 Å². The first-order chi connectivity index (χ1) is 29.8. The zero-order chi connectivity index (χ0) is 41.0. The van der Waals surface area contributed by atoms with E-state index in [1.54, 1.807) is 0 Å². The van der Waals surface area contributed by atoms with Crippen LogP contribution in [0.2, 0.25) is 0 Å². The van der Waals surface area contributed by atoms with Crippen LogP contribution in [0.1, 0.15) is 27.7 Å². The minimum atomic E-state index is -0.334. The number of benzene rings is 8. The Morgan fingerprint density at radius 2 is 1.00 bits per heavy atom. The molecule has 0 saturated carbocycles. The SMILES string of the molecule is [2H]c1ccc(N(c2ccccc2)c2ccc3c(c2)C(C)(C)c2c-3n3c4c2cc(-c2ccccc2)cc4c2oc4cc(N(c5ccccc5)c5ccc([2H])cc5)ccc4c23)cc1. The van der Waals surface area contributed by atoms with Crippen LogP contribution >= 0.6 is 0 Å². The maximum atomic E-state index is 8.19. The van der Waals surface area contributed by atoms with E-state index in [4.69, 9.17) is 7.16 Å². The van der Waals surface area contributed by atoms with Gasteiger partial charge in [-0.1, -0.05) is 123 Å². The summed E-state index contributed by atoms with van der Waals surface area (Å²) in [7, 11) is 0. The van der Waals surface area contributed by atoms with E-state index in [2.05, 4.69) is 155 Å². The van der Waals surface area contributed by atoms with Crippen molar-refractivity contribution in [2.75, 3.05) is 9.80 Å². The minimum absolute atomic E-state index is 0.334. The Kier molecular flexibility index (Phi) is 6.80. The van der Waals surface area contributed by atoms with E-state index in [1.165, 1.54) is 38.9 Å². The molecule has 1 aliphatic rings. The molecule has 4 nitrogen and oxygen atoms in total. The molecule has 11 aromatic rings. The van der Waals surface area contributed by atoms with Crippen LogP contribution in [0.5, 0.6) is 0 Å². The summed E-state index contributed by atoms with van der Waals surface area (Å²) >= 11 is 0. The summed E-state index contributed by atoms with van der Waals surface area (Å²) < 4.78 is 25.9. The van der Waals surface area contributed by atoms with Crippen LogP contribution < -0.4 is 9.80 Å². The molecule has 1 aliphatic carbocycles. The fraction of sp³-hybridized carbons (Fsp3) is 0.0545. The Labute approximate surface area is 345 Å². The van der Waals surface area contributed by atoms with Gasteiger partial charge in [0.05, 0.1) is 14.0 Å². The first-order valence-corrected chi connectivity index (χ1v) is 20.2. The number of hydrogen-bond donors (Lipinski definition) is 0. The molecule has 0 radical (unpaired) electrons. The van der Waals surface area contributed by atoms with Gasteiger partial charge in [-0.2, -0.15) is 0 Å². The third-order valence-corrected chi connectivity index (χ3v) is 12.3. The maximum Gasteiger partial charge on any atom is 0.161 e. The molecule has 0 N–H and O–H groups in total. The number of nitrogens with zero attached hydrogens (tertiary/aromatic N) is 3. The Morgan fingerprint density at radius 1 is 0.475 bits per heavy atom. The van der Waals surface area contributed by atoms with Crippen molar-refractivity contribution in [2.24, 2.45) is 0 Å². The largest absolute Gasteiger partial charge is 0.454 e. The second-order valence-electron chi connectivity index (χ2n) is 16.0. The summed E-state index contributed by atoms with van der Waals surface area (Å²) in [5, 5.41) is 3.40. The maximum absolute atomic E-state index is 8.19. The average molecular weight is 760 g/mol. The van der Waals surface area contributed by atoms with Gasteiger partial charge in [-0.3, -0.25) is 0 Å². The number of fused-ring (bicyclic) bond motifs is 10. The highest BCUT2D eigenvalue weighted by atomic mass is 16.3. The van der Waals surface area contributed by atoms with Crippen molar-refractivity contribution in [1.29, 1.82) is 0 Å². The Bertz CT molecular complexity index is 3450. The van der Waals surface area contributed by atoms with Crippen LogP contribution in [0.4, 0.5) is 34.1 Å². The number of para-hydroxylation sites is 4. The quantitative estimate of drug-likeness (QED) is 0.162.